The number of nitrogens with zero attached hydrogens (tertiary/aromatic N) is 1. The second kappa shape index (κ2) is 4.14. The summed E-state index contributed by atoms with van der Waals surface area (Å²) >= 11 is 1.27. The Morgan fingerprint density at radius 2 is 2.25 bits per heavy atom. The Kier molecular flexibility index (Phi) is 2.98. The first-order chi connectivity index (χ1) is 7.47. The van der Waals surface area contributed by atoms with E-state index in [2.05, 4.69) is 10.3 Å². The van der Waals surface area contributed by atoms with Crippen LogP contribution in [-0.4, -0.2) is 36.9 Å². The topological polar surface area (TPSA) is 76.1 Å². The summed E-state index contributed by atoms with van der Waals surface area (Å²) in [5, 5.41) is 4.62. The Labute approximate surface area is 97.8 Å². The molecule has 0 saturated heterocycles. The molecule has 1 amide bonds. The van der Waals surface area contributed by atoms with Crippen LogP contribution in [0.15, 0.2) is 11.6 Å². The van der Waals surface area contributed by atoms with Crippen LogP contribution in [0.5, 0.6) is 0 Å². The number of amides is 1. The molecule has 5 nitrogen and oxygen atoms in total. The van der Waals surface area contributed by atoms with Crippen LogP contribution in [0.3, 0.4) is 0 Å². The molecule has 0 aromatic carbocycles. The number of carbonyl (C=O) groups is 1. The average Bonchev–Trinajstić information content (AvgIpc) is 2.60. The molecule has 0 spiro atoms. The maximum atomic E-state index is 11.6. The summed E-state index contributed by atoms with van der Waals surface area (Å²) in [6.45, 7) is 0. The maximum absolute atomic E-state index is 11.6. The Morgan fingerprint density at radius 3 is 2.75 bits per heavy atom. The van der Waals surface area contributed by atoms with E-state index in [9.17, 15) is 13.2 Å². The molecule has 1 heterocycles. The van der Waals surface area contributed by atoms with Gasteiger partial charge in [0.2, 0.25) is 0 Å². The van der Waals surface area contributed by atoms with Crippen molar-refractivity contribution in [1.82, 2.24) is 10.3 Å². The molecule has 0 bridgehead atoms. The minimum absolute atomic E-state index is 0.0314. The molecule has 1 saturated carbocycles. The molecule has 0 radical (unpaired) electrons. The first-order valence-corrected chi connectivity index (χ1v) is 7.69. The number of hydrogen-bond acceptors (Lipinski definition) is 5. The highest BCUT2D eigenvalue weighted by molar-refractivity contribution is 7.91. The third-order valence-electron chi connectivity index (χ3n) is 2.66. The fourth-order valence-electron chi connectivity index (χ4n) is 1.62. The maximum Gasteiger partial charge on any atom is 0.280 e. The van der Waals surface area contributed by atoms with Crippen molar-refractivity contribution in [2.75, 3.05) is 6.26 Å². The molecule has 16 heavy (non-hydrogen) atoms. The summed E-state index contributed by atoms with van der Waals surface area (Å²) in [6.07, 6.45) is 3.82. The van der Waals surface area contributed by atoms with E-state index < -0.39 is 9.84 Å². The molecule has 88 valence electrons. The molecule has 0 aliphatic heterocycles. The first-order valence-electron chi connectivity index (χ1n) is 4.86. The number of carbonyl (C=O) groups excluding carboxylic acids is 1. The minimum Gasteiger partial charge on any atom is -0.347 e. The molecule has 2 rings (SSSR count). The van der Waals surface area contributed by atoms with Gasteiger partial charge in [0.05, 0.1) is 5.25 Å². The normalized spacial score (nSPS) is 24.8. The van der Waals surface area contributed by atoms with Crippen molar-refractivity contribution < 1.29 is 13.2 Å². The van der Waals surface area contributed by atoms with Gasteiger partial charge in [-0.15, -0.1) is 11.3 Å². The number of aromatic nitrogens is 1. The standard InChI is InChI=1S/C9H12N2O3S2/c1-16(13,14)7-4-6(5-7)11-8(12)9-10-2-3-15-9/h2-3,6-7H,4-5H2,1H3,(H,11,12)/t6-,7-. The van der Waals surface area contributed by atoms with Crippen molar-refractivity contribution in [2.45, 2.75) is 24.1 Å². The van der Waals surface area contributed by atoms with Crippen molar-refractivity contribution in [2.24, 2.45) is 0 Å². The van der Waals surface area contributed by atoms with Crippen LogP contribution in [0, 0.1) is 0 Å². The largest absolute Gasteiger partial charge is 0.347 e. The predicted molar refractivity (Wildman–Crippen MR) is 61.2 cm³/mol. The van der Waals surface area contributed by atoms with E-state index in [1.54, 1.807) is 11.6 Å². The molecule has 1 aliphatic carbocycles. The lowest BCUT2D eigenvalue weighted by Crippen LogP contribution is -2.49. The molecule has 1 aromatic heterocycles. The zero-order valence-electron chi connectivity index (χ0n) is 8.71. The molecule has 1 aliphatic rings. The summed E-state index contributed by atoms with van der Waals surface area (Å²) in [5.41, 5.74) is 0. The van der Waals surface area contributed by atoms with Crippen LogP contribution in [0.25, 0.3) is 0 Å². The van der Waals surface area contributed by atoms with Gasteiger partial charge in [0.25, 0.3) is 5.91 Å². The molecule has 1 aromatic rings. The van der Waals surface area contributed by atoms with E-state index in [4.69, 9.17) is 0 Å². The third-order valence-corrected chi connectivity index (χ3v) is 5.03. The zero-order chi connectivity index (χ0) is 11.8. The lowest BCUT2D eigenvalue weighted by Gasteiger charge is -2.34. The number of rotatable bonds is 3. The van der Waals surface area contributed by atoms with Crippen molar-refractivity contribution in [1.29, 1.82) is 0 Å². The predicted octanol–water partition coefficient (Wildman–Crippen LogP) is 0.448. The molecule has 1 fully saturated rings. The molecule has 0 atom stereocenters. The van der Waals surface area contributed by atoms with Gasteiger partial charge in [-0.05, 0) is 12.8 Å². The van der Waals surface area contributed by atoms with Crippen molar-refractivity contribution in [3.05, 3.63) is 16.6 Å². The van der Waals surface area contributed by atoms with Crippen LogP contribution in [0.4, 0.5) is 0 Å². The van der Waals surface area contributed by atoms with Gasteiger partial charge in [0, 0.05) is 23.9 Å². The monoisotopic (exact) mass is 260 g/mol. The van der Waals surface area contributed by atoms with E-state index in [1.807, 2.05) is 0 Å². The second-order valence-corrected chi connectivity index (χ2v) is 7.15. The Balaban J connectivity index is 1.85. The lowest BCUT2D eigenvalue weighted by molar-refractivity contribution is 0.0917. The van der Waals surface area contributed by atoms with Crippen LogP contribution < -0.4 is 5.32 Å². The fraction of sp³-hybridized carbons (Fsp3) is 0.556. The molecular weight excluding hydrogens is 248 g/mol. The highest BCUT2D eigenvalue weighted by Gasteiger charge is 2.37. The quantitative estimate of drug-likeness (QED) is 0.856. The SMILES string of the molecule is CS(=O)(=O)[C@H]1C[C@H](NC(=O)c2nccs2)C1. The summed E-state index contributed by atoms with van der Waals surface area (Å²) < 4.78 is 22.3. The second-order valence-electron chi connectivity index (χ2n) is 3.93. The van der Waals surface area contributed by atoms with Gasteiger partial charge in [0.1, 0.15) is 9.84 Å². The third kappa shape index (κ3) is 2.41. The minimum atomic E-state index is -2.95. The van der Waals surface area contributed by atoms with E-state index >= 15 is 0 Å². The summed E-state index contributed by atoms with van der Waals surface area (Å²) in [6, 6.07) is -0.0314. The van der Waals surface area contributed by atoms with Crippen LogP contribution in [0.2, 0.25) is 0 Å². The number of sulfone groups is 1. The number of thiazole rings is 1. The van der Waals surface area contributed by atoms with Gasteiger partial charge in [-0.2, -0.15) is 0 Å². The van der Waals surface area contributed by atoms with Gasteiger partial charge in [0.15, 0.2) is 5.01 Å². The van der Waals surface area contributed by atoms with E-state index in [0.29, 0.717) is 17.8 Å². The molecule has 7 heteroatoms. The number of nitrogens with one attached hydrogen (secondary N) is 1. The van der Waals surface area contributed by atoms with Crippen LogP contribution >= 0.6 is 11.3 Å². The summed E-state index contributed by atoms with van der Waals surface area (Å²) in [5.74, 6) is -0.216. The Hall–Kier alpha value is -0.950. The van der Waals surface area contributed by atoms with Crippen molar-refractivity contribution in [3.63, 3.8) is 0 Å². The Bertz CT molecular complexity index is 475. The van der Waals surface area contributed by atoms with Gasteiger partial charge >= 0.3 is 0 Å². The molecule has 0 unspecified atom stereocenters. The van der Waals surface area contributed by atoms with Crippen molar-refractivity contribution in [3.8, 4) is 0 Å². The van der Waals surface area contributed by atoms with Gasteiger partial charge in [-0.1, -0.05) is 0 Å². The highest BCUT2D eigenvalue weighted by Crippen LogP contribution is 2.26. The molecule has 1 N–H and O–H groups in total. The van der Waals surface area contributed by atoms with E-state index in [-0.39, 0.29) is 17.2 Å². The van der Waals surface area contributed by atoms with Gasteiger partial charge in [-0.3, -0.25) is 4.79 Å². The Morgan fingerprint density at radius 1 is 1.56 bits per heavy atom. The molecular formula is C9H12N2O3S2. The number of hydrogen-bond donors (Lipinski definition) is 1. The summed E-state index contributed by atoms with van der Waals surface area (Å²) in [4.78, 5) is 15.4. The first kappa shape index (κ1) is 11.5. The van der Waals surface area contributed by atoms with Gasteiger partial charge < -0.3 is 5.32 Å². The van der Waals surface area contributed by atoms with E-state index in [0.717, 1.165) is 0 Å². The summed E-state index contributed by atoms with van der Waals surface area (Å²) in [7, 11) is -2.95. The van der Waals surface area contributed by atoms with Crippen molar-refractivity contribution >= 4 is 27.1 Å². The smallest absolute Gasteiger partial charge is 0.280 e. The average molecular weight is 260 g/mol. The lowest BCUT2D eigenvalue weighted by atomic mass is 9.92. The van der Waals surface area contributed by atoms with E-state index in [1.165, 1.54) is 17.6 Å². The zero-order valence-corrected chi connectivity index (χ0v) is 10.3. The van der Waals surface area contributed by atoms with Crippen LogP contribution in [0.1, 0.15) is 22.6 Å². The van der Waals surface area contributed by atoms with Crippen LogP contribution in [-0.2, 0) is 9.84 Å². The highest BCUT2D eigenvalue weighted by atomic mass is 32.2. The van der Waals surface area contributed by atoms with Gasteiger partial charge in [-0.25, -0.2) is 13.4 Å². The fourth-order valence-corrected chi connectivity index (χ4v) is 3.32.